The number of amides is 2. The highest BCUT2D eigenvalue weighted by molar-refractivity contribution is 6.07. The number of fused-ring (bicyclic) bond motifs is 3. The van der Waals surface area contributed by atoms with Crippen LogP contribution < -0.4 is 15.0 Å². The number of nitrogens with zero attached hydrogens (tertiary/aromatic N) is 1. The molecule has 2 atom stereocenters. The normalized spacial score (nSPS) is 21.3. The van der Waals surface area contributed by atoms with Crippen LogP contribution in [0.5, 0.6) is 5.75 Å². The molecule has 2 aromatic carbocycles. The minimum absolute atomic E-state index is 0.0547. The summed E-state index contributed by atoms with van der Waals surface area (Å²) in [5.41, 5.74) is 1.11. The molecular formula is C24H21FN2O4. The molecule has 3 aromatic rings. The fourth-order valence-electron chi connectivity index (χ4n) is 4.28. The summed E-state index contributed by atoms with van der Waals surface area (Å²) in [6, 6.07) is 16.9. The van der Waals surface area contributed by atoms with Crippen molar-refractivity contribution in [1.82, 2.24) is 5.32 Å². The van der Waals surface area contributed by atoms with Gasteiger partial charge in [0.05, 0.1) is 18.2 Å². The maximum atomic E-state index is 13.5. The fraction of sp³-hybridized carbons (Fsp3) is 0.250. The van der Waals surface area contributed by atoms with Gasteiger partial charge in [-0.05, 0) is 54.4 Å². The maximum absolute atomic E-state index is 13.5. The van der Waals surface area contributed by atoms with Gasteiger partial charge in [0, 0.05) is 11.6 Å². The van der Waals surface area contributed by atoms with E-state index in [1.165, 1.54) is 12.1 Å². The standard InChI is InChI=1S/C24H21FN2O4/c25-16-7-9-17(10-8-16)31-15-24-12-20(24)19-5-1-2-6-21(19)27(23(24)29)14-22(28)26-13-18-4-3-11-30-18/h1-11,20H,12-15H2,(H,26,28)/t20-,24+/m0/s1. The van der Waals surface area contributed by atoms with Crippen molar-refractivity contribution in [3.05, 3.63) is 84.1 Å². The van der Waals surface area contributed by atoms with Gasteiger partial charge in [-0.3, -0.25) is 9.59 Å². The van der Waals surface area contributed by atoms with Gasteiger partial charge in [-0.2, -0.15) is 0 Å². The van der Waals surface area contributed by atoms with Crippen molar-refractivity contribution in [3.8, 4) is 5.75 Å². The number of hydrogen-bond donors (Lipinski definition) is 1. The minimum Gasteiger partial charge on any atom is -0.492 e. The third-order valence-electron chi connectivity index (χ3n) is 6.00. The topological polar surface area (TPSA) is 71.8 Å². The largest absolute Gasteiger partial charge is 0.492 e. The summed E-state index contributed by atoms with van der Waals surface area (Å²) >= 11 is 0. The van der Waals surface area contributed by atoms with Gasteiger partial charge in [-0.25, -0.2) is 4.39 Å². The van der Waals surface area contributed by atoms with Gasteiger partial charge in [-0.15, -0.1) is 0 Å². The molecule has 0 bridgehead atoms. The summed E-state index contributed by atoms with van der Waals surface area (Å²) in [5, 5.41) is 2.79. The van der Waals surface area contributed by atoms with E-state index in [2.05, 4.69) is 5.32 Å². The molecule has 1 N–H and O–H groups in total. The van der Waals surface area contributed by atoms with Crippen LogP contribution in [-0.2, 0) is 16.1 Å². The Morgan fingerprint density at radius 2 is 1.97 bits per heavy atom. The molecule has 2 amide bonds. The lowest BCUT2D eigenvalue weighted by atomic mass is 9.92. The van der Waals surface area contributed by atoms with Crippen LogP contribution in [0.25, 0.3) is 0 Å². The zero-order chi connectivity index (χ0) is 21.4. The molecule has 1 aliphatic heterocycles. The summed E-state index contributed by atoms with van der Waals surface area (Å²) in [5.74, 6) is 0.476. The number of nitrogens with one attached hydrogen (secondary N) is 1. The second kappa shape index (κ2) is 7.58. The quantitative estimate of drug-likeness (QED) is 0.634. The van der Waals surface area contributed by atoms with Crippen LogP contribution in [0.2, 0.25) is 0 Å². The Hall–Kier alpha value is -3.61. The Morgan fingerprint density at radius 1 is 1.16 bits per heavy atom. The molecule has 7 heteroatoms. The molecule has 2 aliphatic rings. The van der Waals surface area contributed by atoms with Crippen LogP contribution >= 0.6 is 0 Å². The molecule has 6 nitrogen and oxygen atoms in total. The first kappa shape index (κ1) is 19.4. The average molecular weight is 420 g/mol. The van der Waals surface area contributed by atoms with E-state index in [9.17, 15) is 14.0 Å². The van der Waals surface area contributed by atoms with Crippen molar-refractivity contribution in [2.45, 2.75) is 18.9 Å². The van der Waals surface area contributed by atoms with Gasteiger partial charge < -0.3 is 19.4 Å². The van der Waals surface area contributed by atoms with Gasteiger partial charge in [0.1, 0.15) is 30.5 Å². The Balaban J connectivity index is 1.33. The third-order valence-corrected chi connectivity index (χ3v) is 6.00. The number of benzene rings is 2. The van der Waals surface area contributed by atoms with Crippen molar-refractivity contribution in [3.63, 3.8) is 0 Å². The van der Waals surface area contributed by atoms with E-state index >= 15 is 0 Å². The van der Waals surface area contributed by atoms with Gasteiger partial charge in [-0.1, -0.05) is 18.2 Å². The highest BCUT2D eigenvalue weighted by Gasteiger charge is 2.66. The van der Waals surface area contributed by atoms with E-state index < -0.39 is 5.41 Å². The second-order valence-electron chi connectivity index (χ2n) is 7.96. The maximum Gasteiger partial charge on any atom is 0.240 e. The molecule has 158 valence electrons. The monoisotopic (exact) mass is 420 g/mol. The Labute approximate surface area is 178 Å². The number of furan rings is 1. The lowest BCUT2D eigenvalue weighted by Crippen LogP contribution is -2.48. The summed E-state index contributed by atoms with van der Waals surface area (Å²) in [6.07, 6.45) is 2.21. The first-order valence-corrected chi connectivity index (χ1v) is 10.2. The first-order valence-electron chi connectivity index (χ1n) is 10.2. The zero-order valence-corrected chi connectivity index (χ0v) is 16.7. The summed E-state index contributed by atoms with van der Waals surface area (Å²) in [7, 11) is 0. The van der Waals surface area contributed by atoms with E-state index in [4.69, 9.17) is 9.15 Å². The first-order chi connectivity index (χ1) is 15.1. The lowest BCUT2D eigenvalue weighted by molar-refractivity contribution is -0.128. The highest BCUT2D eigenvalue weighted by atomic mass is 19.1. The zero-order valence-electron chi connectivity index (χ0n) is 16.7. The van der Waals surface area contributed by atoms with Gasteiger partial charge >= 0.3 is 0 Å². The van der Waals surface area contributed by atoms with Gasteiger partial charge in [0.2, 0.25) is 11.8 Å². The Morgan fingerprint density at radius 3 is 2.74 bits per heavy atom. The molecule has 0 unspecified atom stereocenters. The van der Waals surface area contributed by atoms with Crippen molar-refractivity contribution in [1.29, 1.82) is 0 Å². The Bertz CT molecular complexity index is 1110. The third kappa shape index (κ3) is 3.56. The fourth-order valence-corrected chi connectivity index (χ4v) is 4.28. The lowest BCUT2D eigenvalue weighted by Gasteiger charge is -2.33. The van der Waals surface area contributed by atoms with Crippen LogP contribution in [0.15, 0.2) is 71.3 Å². The predicted octanol–water partition coefficient (Wildman–Crippen LogP) is 3.63. The number of hydrogen-bond acceptors (Lipinski definition) is 4. The van der Waals surface area contributed by atoms with E-state index in [0.29, 0.717) is 17.9 Å². The van der Waals surface area contributed by atoms with E-state index in [1.807, 2.05) is 24.3 Å². The number of halogens is 1. The molecule has 0 saturated heterocycles. The molecule has 5 rings (SSSR count). The Kier molecular flexibility index (Phi) is 4.73. The molecule has 1 fully saturated rings. The number of rotatable bonds is 7. The summed E-state index contributed by atoms with van der Waals surface area (Å²) < 4.78 is 24.2. The number of carbonyl (C=O) groups excluding carboxylic acids is 2. The number of para-hydroxylation sites is 1. The van der Waals surface area contributed by atoms with Crippen molar-refractivity contribution < 1.29 is 23.1 Å². The average Bonchev–Trinajstić information content (AvgIpc) is 3.30. The number of ether oxygens (including phenoxy) is 1. The molecule has 0 radical (unpaired) electrons. The highest BCUT2D eigenvalue weighted by Crippen LogP contribution is 2.65. The van der Waals surface area contributed by atoms with Crippen LogP contribution in [0.4, 0.5) is 10.1 Å². The number of carbonyl (C=O) groups is 2. The van der Waals surface area contributed by atoms with Crippen LogP contribution in [0.1, 0.15) is 23.7 Å². The molecule has 0 spiro atoms. The van der Waals surface area contributed by atoms with Gasteiger partial charge in [0.25, 0.3) is 0 Å². The van der Waals surface area contributed by atoms with Crippen LogP contribution in [-0.4, -0.2) is 25.0 Å². The van der Waals surface area contributed by atoms with Gasteiger partial charge in [0.15, 0.2) is 0 Å². The molecular weight excluding hydrogens is 399 g/mol. The van der Waals surface area contributed by atoms with E-state index in [0.717, 1.165) is 11.3 Å². The van der Waals surface area contributed by atoms with Crippen LogP contribution in [0.3, 0.4) is 0 Å². The SMILES string of the molecule is O=C(CN1C(=O)[C@@]2(COc3ccc(F)cc3)C[C@H]2c2ccccc21)NCc1ccco1. The van der Waals surface area contributed by atoms with Crippen molar-refractivity contribution >= 4 is 17.5 Å². The van der Waals surface area contributed by atoms with Crippen molar-refractivity contribution in [2.75, 3.05) is 18.1 Å². The molecule has 31 heavy (non-hydrogen) atoms. The molecule has 1 aromatic heterocycles. The molecule has 2 heterocycles. The smallest absolute Gasteiger partial charge is 0.240 e. The molecule has 1 saturated carbocycles. The second-order valence-corrected chi connectivity index (χ2v) is 7.96. The number of anilines is 1. The molecule has 1 aliphatic carbocycles. The predicted molar refractivity (Wildman–Crippen MR) is 111 cm³/mol. The van der Waals surface area contributed by atoms with Crippen molar-refractivity contribution in [2.24, 2.45) is 5.41 Å². The van der Waals surface area contributed by atoms with E-state index in [-0.39, 0.29) is 43.2 Å². The van der Waals surface area contributed by atoms with E-state index in [1.54, 1.807) is 35.4 Å². The summed E-state index contributed by atoms with van der Waals surface area (Å²) in [6.45, 7) is 0.361. The summed E-state index contributed by atoms with van der Waals surface area (Å²) in [4.78, 5) is 27.6. The minimum atomic E-state index is -0.704. The van der Waals surface area contributed by atoms with Crippen LogP contribution in [0, 0.1) is 11.2 Å².